The molecule has 0 fully saturated rings. The number of halogens is 3. The summed E-state index contributed by atoms with van der Waals surface area (Å²) in [6.45, 7) is 1.80. The third-order valence-electron chi connectivity index (χ3n) is 4.41. The number of hydrogen-bond donors (Lipinski definition) is 1. The second kappa shape index (κ2) is 8.14. The third kappa shape index (κ3) is 4.43. The molecule has 0 radical (unpaired) electrons. The first-order chi connectivity index (χ1) is 13.8. The molecule has 0 aliphatic rings. The Kier molecular flexibility index (Phi) is 5.64. The van der Waals surface area contributed by atoms with Crippen LogP contribution in [0.4, 0.5) is 18.9 Å². The molecule has 0 aliphatic heterocycles. The number of anilines is 1. The molecule has 0 saturated carbocycles. The summed E-state index contributed by atoms with van der Waals surface area (Å²) in [5.74, 6) is -1.06. The van der Waals surface area contributed by atoms with Crippen molar-refractivity contribution in [1.82, 2.24) is 14.8 Å². The lowest BCUT2D eigenvalue weighted by atomic mass is 9.94. The van der Waals surface area contributed by atoms with Gasteiger partial charge in [-0.15, -0.1) is 0 Å². The zero-order chi connectivity index (χ0) is 21.0. The lowest BCUT2D eigenvalue weighted by molar-refractivity contribution is -0.137. The van der Waals surface area contributed by atoms with Crippen molar-refractivity contribution < 1.29 is 18.0 Å². The molecule has 1 heterocycles. The summed E-state index contributed by atoms with van der Waals surface area (Å²) in [5, 5.41) is 15.4. The number of benzene rings is 2. The Balaban J connectivity index is 1.95. The summed E-state index contributed by atoms with van der Waals surface area (Å²) >= 11 is 0. The number of nitrogens with one attached hydrogen (secondary N) is 1. The number of carbonyl (C=O) groups is 1. The van der Waals surface area contributed by atoms with Crippen molar-refractivity contribution in [1.29, 1.82) is 5.26 Å². The molecule has 1 amide bonds. The standard InChI is InChI=1S/C20H16F3N5O/c1-2-16(14-5-3-13(10-24)4-6-14)19(29)27-17-9-15(20(21,22)23)7-8-18(17)28-12-25-11-26-28/h3-9,11-12,16H,2H2,1H3,(H,27,29). The number of amides is 1. The van der Waals surface area contributed by atoms with Gasteiger partial charge in [-0.2, -0.15) is 23.5 Å². The molecule has 1 N–H and O–H groups in total. The SMILES string of the molecule is CCC(C(=O)Nc1cc(C(F)(F)F)ccc1-n1cncn1)c1ccc(C#N)cc1. The van der Waals surface area contributed by atoms with Crippen LogP contribution in [0.3, 0.4) is 0 Å². The molecular formula is C20H16F3N5O. The number of nitrogens with zero attached hydrogens (tertiary/aromatic N) is 4. The highest BCUT2D eigenvalue weighted by Crippen LogP contribution is 2.34. The molecule has 3 aromatic rings. The van der Waals surface area contributed by atoms with Crippen molar-refractivity contribution in [3.05, 3.63) is 71.8 Å². The van der Waals surface area contributed by atoms with Crippen LogP contribution in [0.1, 0.15) is 36.0 Å². The average molecular weight is 399 g/mol. The van der Waals surface area contributed by atoms with Gasteiger partial charge >= 0.3 is 6.18 Å². The highest BCUT2D eigenvalue weighted by Gasteiger charge is 2.32. The molecule has 0 spiro atoms. The Labute approximate surface area is 164 Å². The molecular weight excluding hydrogens is 383 g/mol. The minimum absolute atomic E-state index is 0.0255. The Bertz CT molecular complexity index is 1040. The predicted molar refractivity (Wildman–Crippen MR) is 99.2 cm³/mol. The smallest absolute Gasteiger partial charge is 0.324 e. The molecule has 148 valence electrons. The van der Waals surface area contributed by atoms with Gasteiger partial charge in [0.2, 0.25) is 5.91 Å². The fraction of sp³-hybridized carbons (Fsp3) is 0.200. The Morgan fingerprint density at radius 1 is 1.24 bits per heavy atom. The van der Waals surface area contributed by atoms with E-state index in [2.05, 4.69) is 15.4 Å². The van der Waals surface area contributed by atoms with Crippen molar-refractivity contribution in [2.75, 3.05) is 5.32 Å². The van der Waals surface area contributed by atoms with Gasteiger partial charge in [-0.25, -0.2) is 9.67 Å². The van der Waals surface area contributed by atoms with E-state index >= 15 is 0 Å². The molecule has 2 aromatic carbocycles. The van der Waals surface area contributed by atoms with E-state index in [0.717, 1.165) is 12.1 Å². The highest BCUT2D eigenvalue weighted by molar-refractivity contribution is 5.97. The van der Waals surface area contributed by atoms with E-state index in [9.17, 15) is 18.0 Å². The van der Waals surface area contributed by atoms with Crippen LogP contribution in [0.15, 0.2) is 55.1 Å². The summed E-state index contributed by atoms with van der Waals surface area (Å²) in [6.07, 6.45) is -1.56. The number of rotatable bonds is 5. The predicted octanol–water partition coefficient (Wildman–Crippen LogP) is 4.29. The van der Waals surface area contributed by atoms with Gasteiger partial charge < -0.3 is 5.32 Å². The van der Waals surface area contributed by atoms with Gasteiger partial charge in [0.1, 0.15) is 12.7 Å². The molecule has 3 rings (SSSR count). The van der Waals surface area contributed by atoms with E-state index in [1.807, 2.05) is 6.07 Å². The molecule has 1 unspecified atom stereocenters. The van der Waals surface area contributed by atoms with Crippen molar-refractivity contribution in [3.8, 4) is 11.8 Å². The van der Waals surface area contributed by atoms with Crippen LogP contribution in [0.5, 0.6) is 0 Å². The molecule has 6 nitrogen and oxygen atoms in total. The van der Waals surface area contributed by atoms with Gasteiger partial charge in [0.15, 0.2) is 0 Å². The monoisotopic (exact) mass is 399 g/mol. The quantitative estimate of drug-likeness (QED) is 0.694. The van der Waals surface area contributed by atoms with E-state index in [0.29, 0.717) is 17.5 Å². The Hall–Kier alpha value is -3.67. The Morgan fingerprint density at radius 2 is 1.97 bits per heavy atom. The van der Waals surface area contributed by atoms with Gasteiger partial charge in [-0.05, 0) is 42.3 Å². The van der Waals surface area contributed by atoms with Gasteiger partial charge in [0.05, 0.1) is 34.5 Å². The van der Waals surface area contributed by atoms with Gasteiger partial charge in [-0.3, -0.25) is 4.79 Å². The van der Waals surface area contributed by atoms with Gasteiger partial charge in [0, 0.05) is 0 Å². The molecule has 0 aliphatic carbocycles. The second-order valence-electron chi connectivity index (χ2n) is 6.25. The maximum absolute atomic E-state index is 13.2. The first-order valence-electron chi connectivity index (χ1n) is 8.70. The number of alkyl halides is 3. The number of aromatic nitrogens is 3. The molecule has 0 bridgehead atoms. The zero-order valence-electron chi connectivity index (χ0n) is 15.3. The van der Waals surface area contributed by atoms with Crippen LogP contribution in [0, 0.1) is 11.3 Å². The lowest BCUT2D eigenvalue weighted by Gasteiger charge is -2.18. The van der Waals surface area contributed by atoms with Crippen molar-refractivity contribution in [2.24, 2.45) is 0 Å². The molecule has 1 atom stereocenters. The van der Waals surface area contributed by atoms with E-state index in [4.69, 9.17) is 5.26 Å². The topological polar surface area (TPSA) is 83.6 Å². The lowest BCUT2D eigenvalue weighted by Crippen LogP contribution is -2.22. The second-order valence-corrected chi connectivity index (χ2v) is 6.25. The van der Waals surface area contributed by atoms with Crippen LogP contribution in [0.2, 0.25) is 0 Å². The summed E-state index contributed by atoms with van der Waals surface area (Å²) in [5.41, 5.74) is 0.470. The summed E-state index contributed by atoms with van der Waals surface area (Å²) in [7, 11) is 0. The fourth-order valence-corrected chi connectivity index (χ4v) is 2.93. The zero-order valence-corrected chi connectivity index (χ0v) is 15.3. The normalized spacial score (nSPS) is 12.2. The van der Waals surface area contributed by atoms with Crippen molar-refractivity contribution in [2.45, 2.75) is 25.4 Å². The third-order valence-corrected chi connectivity index (χ3v) is 4.41. The fourth-order valence-electron chi connectivity index (χ4n) is 2.93. The minimum Gasteiger partial charge on any atom is -0.324 e. The number of hydrogen-bond acceptors (Lipinski definition) is 4. The van der Waals surface area contributed by atoms with Gasteiger partial charge in [0.25, 0.3) is 0 Å². The summed E-state index contributed by atoms with van der Waals surface area (Å²) < 4.78 is 40.8. The van der Waals surface area contributed by atoms with Crippen LogP contribution in [-0.4, -0.2) is 20.7 Å². The molecule has 9 heteroatoms. The van der Waals surface area contributed by atoms with E-state index in [-0.39, 0.29) is 11.4 Å². The van der Waals surface area contributed by atoms with Crippen LogP contribution >= 0.6 is 0 Å². The van der Waals surface area contributed by atoms with E-state index in [1.54, 1.807) is 31.2 Å². The van der Waals surface area contributed by atoms with E-state index in [1.165, 1.54) is 23.4 Å². The first-order valence-corrected chi connectivity index (χ1v) is 8.70. The number of carbonyl (C=O) groups excluding carboxylic acids is 1. The first kappa shape index (κ1) is 20.1. The number of nitriles is 1. The average Bonchev–Trinajstić information content (AvgIpc) is 3.23. The van der Waals surface area contributed by atoms with Crippen LogP contribution < -0.4 is 5.32 Å². The molecule has 29 heavy (non-hydrogen) atoms. The molecule has 1 aromatic heterocycles. The van der Waals surface area contributed by atoms with Gasteiger partial charge in [-0.1, -0.05) is 19.1 Å². The summed E-state index contributed by atoms with van der Waals surface area (Å²) in [4.78, 5) is 16.7. The van der Waals surface area contributed by atoms with Crippen LogP contribution in [0.25, 0.3) is 5.69 Å². The van der Waals surface area contributed by atoms with E-state index < -0.39 is 23.6 Å². The van der Waals surface area contributed by atoms with Crippen molar-refractivity contribution in [3.63, 3.8) is 0 Å². The van der Waals surface area contributed by atoms with Crippen molar-refractivity contribution >= 4 is 11.6 Å². The highest BCUT2D eigenvalue weighted by atomic mass is 19.4. The Morgan fingerprint density at radius 3 is 2.52 bits per heavy atom. The summed E-state index contributed by atoms with van der Waals surface area (Å²) in [6, 6.07) is 11.5. The largest absolute Gasteiger partial charge is 0.416 e. The maximum atomic E-state index is 13.2. The molecule has 0 saturated heterocycles. The van der Waals surface area contributed by atoms with Crippen LogP contribution in [-0.2, 0) is 11.0 Å². The maximum Gasteiger partial charge on any atom is 0.416 e. The minimum atomic E-state index is -4.56.